The Hall–Kier alpha value is -2.86. The van der Waals surface area contributed by atoms with Crippen LogP contribution in [0.4, 0.5) is 0 Å². The molecule has 2 aromatic carbocycles. The molecule has 0 radical (unpaired) electrons. The summed E-state index contributed by atoms with van der Waals surface area (Å²) in [6, 6.07) is 16.5. The van der Waals surface area contributed by atoms with E-state index in [1.165, 1.54) is 0 Å². The topological polar surface area (TPSA) is 68.5 Å². The fraction of sp³-hybridized carbons (Fsp3) is 0.286. The van der Waals surface area contributed by atoms with Crippen molar-refractivity contribution in [2.75, 3.05) is 6.54 Å². The number of halogens is 1. The molecule has 0 aliphatic heterocycles. The summed E-state index contributed by atoms with van der Waals surface area (Å²) >= 11 is 5.91. The maximum absolute atomic E-state index is 12.9. The molecule has 1 amide bonds. The molecule has 1 heterocycles. The standard InChI is InChI=1S/C21H22ClN3O3/c1-3-18(27-17-8-6-5-7-9-17)21(26)25(4-2)14-19-23-20(24-28-19)15-10-12-16(22)13-11-15/h5-13,18H,3-4,14H2,1-2H3/t18-/m0/s1. The number of nitrogens with zero attached hydrogens (tertiary/aromatic N) is 3. The minimum absolute atomic E-state index is 0.111. The van der Waals surface area contributed by atoms with Crippen LogP contribution in [0.5, 0.6) is 5.75 Å². The van der Waals surface area contributed by atoms with Crippen molar-refractivity contribution in [1.29, 1.82) is 0 Å². The monoisotopic (exact) mass is 399 g/mol. The number of para-hydroxylation sites is 1. The summed E-state index contributed by atoms with van der Waals surface area (Å²) in [6.07, 6.45) is -0.00890. The molecule has 3 rings (SSSR count). The third-order valence-corrected chi connectivity index (χ3v) is 4.51. The molecule has 0 aliphatic rings. The van der Waals surface area contributed by atoms with Crippen molar-refractivity contribution in [1.82, 2.24) is 15.0 Å². The second kappa shape index (κ2) is 9.37. The molecule has 0 aliphatic carbocycles. The first-order valence-electron chi connectivity index (χ1n) is 9.19. The Balaban J connectivity index is 1.69. The van der Waals surface area contributed by atoms with Gasteiger partial charge in [-0.25, -0.2) is 0 Å². The van der Waals surface area contributed by atoms with Crippen LogP contribution in [0, 0.1) is 0 Å². The Labute approximate surface area is 169 Å². The predicted molar refractivity (Wildman–Crippen MR) is 107 cm³/mol. The normalized spacial score (nSPS) is 11.8. The Bertz CT molecular complexity index is 897. The van der Waals surface area contributed by atoms with Gasteiger partial charge in [0.2, 0.25) is 11.7 Å². The molecular formula is C21H22ClN3O3. The molecule has 3 aromatic rings. The van der Waals surface area contributed by atoms with E-state index in [9.17, 15) is 4.79 Å². The van der Waals surface area contributed by atoms with Gasteiger partial charge < -0.3 is 14.2 Å². The zero-order chi connectivity index (χ0) is 19.9. The maximum atomic E-state index is 12.9. The number of benzene rings is 2. The summed E-state index contributed by atoms with van der Waals surface area (Å²) in [7, 11) is 0. The third-order valence-electron chi connectivity index (χ3n) is 4.26. The van der Waals surface area contributed by atoms with Crippen LogP contribution in [-0.4, -0.2) is 33.6 Å². The summed E-state index contributed by atoms with van der Waals surface area (Å²) < 4.78 is 11.2. The van der Waals surface area contributed by atoms with Crippen LogP contribution in [0.2, 0.25) is 5.02 Å². The van der Waals surface area contributed by atoms with Crippen LogP contribution in [0.25, 0.3) is 11.4 Å². The number of carbonyl (C=O) groups excluding carboxylic acids is 1. The van der Waals surface area contributed by atoms with Crippen LogP contribution < -0.4 is 4.74 Å². The number of hydrogen-bond donors (Lipinski definition) is 0. The van der Waals surface area contributed by atoms with Crippen LogP contribution in [0.3, 0.4) is 0 Å². The number of likely N-dealkylation sites (N-methyl/N-ethyl adjacent to an activating group) is 1. The Morgan fingerprint density at radius 2 is 1.86 bits per heavy atom. The molecular weight excluding hydrogens is 378 g/mol. The van der Waals surface area contributed by atoms with Gasteiger partial charge in [-0.2, -0.15) is 4.98 Å². The zero-order valence-electron chi connectivity index (χ0n) is 15.8. The number of rotatable bonds is 8. The van der Waals surface area contributed by atoms with Gasteiger partial charge in [0.25, 0.3) is 5.91 Å². The molecule has 0 spiro atoms. The van der Waals surface area contributed by atoms with Gasteiger partial charge in [0, 0.05) is 17.1 Å². The average Bonchev–Trinajstić information content (AvgIpc) is 3.19. The highest BCUT2D eigenvalue weighted by Gasteiger charge is 2.25. The van der Waals surface area contributed by atoms with E-state index in [4.69, 9.17) is 20.9 Å². The Morgan fingerprint density at radius 1 is 1.14 bits per heavy atom. The lowest BCUT2D eigenvalue weighted by atomic mass is 10.2. The predicted octanol–water partition coefficient (Wildman–Crippen LogP) is 4.60. The minimum atomic E-state index is -0.569. The van der Waals surface area contributed by atoms with E-state index >= 15 is 0 Å². The van der Waals surface area contributed by atoms with Crippen molar-refractivity contribution in [2.24, 2.45) is 0 Å². The van der Waals surface area contributed by atoms with Crippen molar-refractivity contribution in [3.8, 4) is 17.1 Å². The molecule has 28 heavy (non-hydrogen) atoms. The molecule has 6 nitrogen and oxygen atoms in total. The van der Waals surface area contributed by atoms with Crippen molar-refractivity contribution in [3.05, 3.63) is 65.5 Å². The Morgan fingerprint density at radius 3 is 2.50 bits per heavy atom. The first-order valence-corrected chi connectivity index (χ1v) is 9.57. The highest BCUT2D eigenvalue weighted by Crippen LogP contribution is 2.20. The third kappa shape index (κ3) is 4.89. The van der Waals surface area contributed by atoms with E-state index in [-0.39, 0.29) is 12.5 Å². The SMILES string of the molecule is CC[C@H](Oc1ccccc1)C(=O)N(CC)Cc1nc(-c2ccc(Cl)cc2)no1. The summed E-state index contributed by atoms with van der Waals surface area (Å²) in [5.41, 5.74) is 0.799. The fourth-order valence-electron chi connectivity index (χ4n) is 2.72. The van der Waals surface area contributed by atoms with E-state index in [1.807, 2.05) is 56.3 Å². The van der Waals surface area contributed by atoms with Crippen LogP contribution in [0.1, 0.15) is 26.2 Å². The molecule has 1 aromatic heterocycles. The van der Waals surface area contributed by atoms with Gasteiger partial charge >= 0.3 is 0 Å². The minimum Gasteiger partial charge on any atom is -0.481 e. The van der Waals surface area contributed by atoms with E-state index in [1.54, 1.807) is 17.0 Å². The first-order chi connectivity index (χ1) is 13.6. The Kier molecular flexibility index (Phi) is 6.66. The van der Waals surface area contributed by atoms with E-state index in [0.29, 0.717) is 35.5 Å². The maximum Gasteiger partial charge on any atom is 0.264 e. The van der Waals surface area contributed by atoms with Gasteiger partial charge in [0.1, 0.15) is 12.3 Å². The molecule has 0 unspecified atom stereocenters. The summed E-state index contributed by atoms with van der Waals surface area (Å²) in [4.78, 5) is 19.0. The summed E-state index contributed by atoms with van der Waals surface area (Å²) in [5, 5.41) is 4.64. The van der Waals surface area contributed by atoms with Gasteiger partial charge in [-0.1, -0.05) is 41.9 Å². The molecule has 0 fully saturated rings. The van der Waals surface area contributed by atoms with E-state index < -0.39 is 6.10 Å². The van der Waals surface area contributed by atoms with E-state index in [0.717, 1.165) is 5.56 Å². The van der Waals surface area contributed by atoms with Crippen molar-refractivity contribution in [3.63, 3.8) is 0 Å². The van der Waals surface area contributed by atoms with Gasteiger partial charge in [-0.15, -0.1) is 0 Å². The average molecular weight is 400 g/mol. The smallest absolute Gasteiger partial charge is 0.264 e. The number of hydrogen-bond acceptors (Lipinski definition) is 5. The lowest BCUT2D eigenvalue weighted by Gasteiger charge is -2.25. The molecule has 146 valence electrons. The van der Waals surface area contributed by atoms with Crippen molar-refractivity contribution >= 4 is 17.5 Å². The fourth-order valence-corrected chi connectivity index (χ4v) is 2.85. The first kappa shape index (κ1) is 19.9. The molecule has 0 bridgehead atoms. The molecule has 0 saturated heterocycles. The van der Waals surface area contributed by atoms with Gasteiger partial charge in [-0.05, 0) is 49.7 Å². The quantitative estimate of drug-likeness (QED) is 0.553. The van der Waals surface area contributed by atoms with Crippen molar-refractivity contribution in [2.45, 2.75) is 32.9 Å². The zero-order valence-corrected chi connectivity index (χ0v) is 16.6. The molecule has 1 atom stereocenters. The van der Waals surface area contributed by atoms with Crippen LogP contribution in [0.15, 0.2) is 59.1 Å². The van der Waals surface area contributed by atoms with Crippen LogP contribution in [-0.2, 0) is 11.3 Å². The number of ether oxygens (including phenoxy) is 1. The van der Waals surface area contributed by atoms with Gasteiger partial charge in [0.15, 0.2) is 6.10 Å². The lowest BCUT2D eigenvalue weighted by Crippen LogP contribution is -2.41. The van der Waals surface area contributed by atoms with Crippen LogP contribution >= 0.6 is 11.6 Å². The van der Waals surface area contributed by atoms with Gasteiger partial charge in [-0.3, -0.25) is 4.79 Å². The second-order valence-electron chi connectivity index (χ2n) is 6.20. The largest absolute Gasteiger partial charge is 0.481 e. The highest BCUT2D eigenvalue weighted by atomic mass is 35.5. The molecule has 0 N–H and O–H groups in total. The lowest BCUT2D eigenvalue weighted by molar-refractivity contribution is -0.139. The second-order valence-corrected chi connectivity index (χ2v) is 6.64. The molecule has 7 heteroatoms. The van der Waals surface area contributed by atoms with E-state index in [2.05, 4.69) is 10.1 Å². The summed E-state index contributed by atoms with van der Waals surface area (Å²) in [6.45, 7) is 4.56. The van der Waals surface area contributed by atoms with Crippen molar-refractivity contribution < 1.29 is 14.1 Å². The number of aromatic nitrogens is 2. The number of carbonyl (C=O) groups is 1. The van der Waals surface area contributed by atoms with Gasteiger partial charge in [0.05, 0.1) is 0 Å². The highest BCUT2D eigenvalue weighted by molar-refractivity contribution is 6.30. The number of amides is 1. The summed E-state index contributed by atoms with van der Waals surface area (Å²) in [5.74, 6) is 1.39. The molecule has 0 saturated carbocycles.